The molecule has 1 N–H and O–H groups in total. The molecule has 2 heteroatoms. The monoisotopic (exact) mass is 468 g/mol. The van der Waals surface area contributed by atoms with E-state index in [4.69, 9.17) is 4.42 Å². The molecule has 5 aromatic carbocycles. The van der Waals surface area contributed by atoms with Crippen molar-refractivity contribution in [2.45, 2.75) is 26.2 Å². The van der Waals surface area contributed by atoms with Crippen molar-refractivity contribution in [2.24, 2.45) is 0 Å². The summed E-state index contributed by atoms with van der Waals surface area (Å²) in [6, 6.07) is 37.0. The summed E-state index contributed by atoms with van der Waals surface area (Å²) in [5, 5.41) is 13.7. The number of benzene rings is 5. The number of hydrogen-bond donors (Lipinski definition) is 1. The third-order valence-electron chi connectivity index (χ3n) is 6.92. The standard InChI is InChI=1S/C34H28O2/c1-34(2,3)31-25(27-18-9-15-23(32(27)35)22-12-5-4-6-13-22)16-10-17-26(31)29-20-11-19-28-24-14-7-8-21-30(24)36-33(28)29/h4-21,35H,1-3H3. The van der Waals surface area contributed by atoms with Crippen molar-refractivity contribution in [3.05, 3.63) is 115 Å². The number of furan rings is 1. The molecule has 0 fully saturated rings. The highest BCUT2D eigenvalue weighted by molar-refractivity contribution is 6.10. The number of phenolic OH excluding ortho intramolecular Hbond substituents is 1. The Balaban J connectivity index is 1.63. The highest BCUT2D eigenvalue weighted by Gasteiger charge is 2.26. The number of fused-ring (bicyclic) bond motifs is 3. The second-order valence-corrected chi connectivity index (χ2v) is 10.3. The highest BCUT2D eigenvalue weighted by Crippen LogP contribution is 2.46. The Labute approximate surface area is 211 Å². The molecule has 0 aliphatic rings. The third kappa shape index (κ3) is 3.58. The molecule has 0 bridgehead atoms. The Bertz CT molecular complexity index is 1720. The molecule has 0 atom stereocenters. The minimum absolute atomic E-state index is 0.185. The Hall–Kier alpha value is -4.30. The molecule has 176 valence electrons. The zero-order valence-corrected chi connectivity index (χ0v) is 20.7. The van der Waals surface area contributed by atoms with Gasteiger partial charge in [0.2, 0.25) is 0 Å². The van der Waals surface area contributed by atoms with Crippen molar-refractivity contribution in [3.63, 3.8) is 0 Å². The Morgan fingerprint density at radius 1 is 0.528 bits per heavy atom. The number of para-hydroxylation sites is 3. The molecule has 36 heavy (non-hydrogen) atoms. The summed E-state index contributed by atoms with van der Waals surface area (Å²) in [6.07, 6.45) is 0. The van der Waals surface area contributed by atoms with Gasteiger partial charge in [0.15, 0.2) is 0 Å². The largest absolute Gasteiger partial charge is 0.507 e. The van der Waals surface area contributed by atoms with Gasteiger partial charge in [-0.05, 0) is 33.7 Å². The van der Waals surface area contributed by atoms with Crippen LogP contribution < -0.4 is 0 Å². The lowest BCUT2D eigenvalue weighted by Gasteiger charge is -2.27. The third-order valence-corrected chi connectivity index (χ3v) is 6.92. The lowest BCUT2D eigenvalue weighted by atomic mass is 9.76. The highest BCUT2D eigenvalue weighted by atomic mass is 16.3. The molecule has 0 unspecified atom stereocenters. The first-order valence-corrected chi connectivity index (χ1v) is 12.4. The topological polar surface area (TPSA) is 33.4 Å². The molecule has 0 amide bonds. The van der Waals surface area contributed by atoms with Crippen LogP contribution in [0.4, 0.5) is 0 Å². The normalized spacial score (nSPS) is 11.9. The van der Waals surface area contributed by atoms with Crippen LogP contribution in [0.25, 0.3) is 55.3 Å². The fourth-order valence-corrected chi connectivity index (χ4v) is 5.38. The zero-order chi connectivity index (χ0) is 24.9. The maximum absolute atomic E-state index is 11.5. The van der Waals surface area contributed by atoms with Crippen LogP contribution in [0.3, 0.4) is 0 Å². The number of rotatable bonds is 3. The van der Waals surface area contributed by atoms with Crippen molar-refractivity contribution in [1.82, 2.24) is 0 Å². The lowest BCUT2D eigenvalue weighted by Crippen LogP contribution is -2.14. The van der Waals surface area contributed by atoms with E-state index in [1.807, 2.05) is 66.7 Å². The molecular weight excluding hydrogens is 440 g/mol. The SMILES string of the molecule is CC(C)(C)c1c(-c2cccc(-c3ccccc3)c2O)cccc1-c1cccc2c1oc1ccccc12. The van der Waals surface area contributed by atoms with Gasteiger partial charge in [0.05, 0.1) is 0 Å². The molecule has 0 spiro atoms. The molecule has 0 saturated heterocycles. The van der Waals surface area contributed by atoms with Crippen LogP contribution >= 0.6 is 0 Å². The minimum atomic E-state index is -0.185. The Morgan fingerprint density at radius 2 is 1.08 bits per heavy atom. The second kappa shape index (κ2) is 8.42. The molecule has 0 radical (unpaired) electrons. The van der Waals surface area contributed by atoms with Gasteiger partial charge >= 0.3 is 0 Å². The van der Waals surface area contributed by atoms with Gasteiger partial charge in [-0.3, -0.25) is 0 Å². The first kappa shape index (κ1) is 22.2. The lowest BCUT2D eigenvalue weighted by molar-refractivity contribution is 0.479. The van der Waals surface area contributed by atoms with Crippen molar-refractivity contribution in [2.75, 3.05) is 0 Å². The first-order chi connectivity index (χ1) is 17.4. The fraction of sp³-hybridized carbons (Fsp3) is 0.118. The smallest absolute Gasteiger partial charge is 0.143 e. The summed E-state index contributed by atoms with van der Waals surface area (Å²) in [6.45, 7) is 6.69. The predicted octanol–water partition coefficient (Wildman–Crippen LogP) is 9.59. The van der Waals surface area contributed by atoms with Crippen LogP contribution in [0.1, 0.15) is 26.3 Å². The fourth-order valence-electron chi connectivity index (χ4n) is 5.38. The summed E-state index contributed by atoms with van der Waals surface area (Å²) >= 11 is 0. The average molecular weight is 469 g/mol. The first-order valence-electron chi connectivity index (χ1n) is 12.4. The molecule has 2 nitrogen and oxygen atoms in total. The molecule has 1 heterocycles. The molecule has 6 aromatic rings. The van der Waals surface area contributed by atoms with E-state index >= 15 is 0 Å². The molecule has 0 saturated carbocycles. The van der Waals surface area contributed by atoms with E-state index in [1.54, 1.807) is 0 Å². The van der Waals surface area contributed by atoms with E-state index in [2.05, 4.69) is 63.2 Å². The number of phenols is 1. The van der Waals surface area contributed by atoms with Crippen LogP contribution in [-0.2, 0) is 5.41 Å². The van der Waals surface area contributed by atoms with E-state index < -0.39 is 0 Å². The van der Waals surface area contributed by atoms with Crippen molar-refractivity contribution in [3.8, 4) is 39.1 Å². The number of aromatic hydroxyl groups is 1. The van der Waals surface area contributed by atoms with Crippen LogP contribution in [-0.4, -0.2) is 5.11 Å². The maximum Gasteiger partial charge on any atom is 0.143 e. The van der Waals surface area contributed by atoms with E-state index in [0.717, 1.165) is 55.3 Å². The number of hydrogen-bond acceptors (Lipinski definition) is 2. The van der Waals surface area contributed by atoms with Crippen molar-refractivity contribution < 1.29 is 9.52 Å². The minimum Gasteiger partial charge on any atom is -0.507 e. The Kier molecular flexibility index (Phi) is 5.19. The maximum atomic E-state index is 11.5. The summed E-state index contributed by atoms with van der Waals surface area (Å²) in [5.74, 6) is 0.299. The zero-order valence-electron chi connectivity index (χ0n) is 20.7. The van der Waals surface area contributed by atoms with E-state index in [1.165, 1.54) is 5.56 Å². The van der Waals surface area contributed by atoms with Gasteiger partial charge in [-0.1, -0.05) is 124 Å². The average Bonchev–Trinajstić information content (AvgIpc) is 3.27. The van der Waals surface area contributed by atoms with Gasteiger partial charge in [0, 0.05) is 27.5 Å². The van der Waals surface area contributed by atoms with Gasteiger partial charge in [0.25, 0.3) is 0 Å². The molecular formula is C34H28O2. The predicted molar refractivity (Wildman–Crippen MR) is 150 cm³/mol. The quantitative estimate of drug-likeness (QED) is 0.280. The second-order valence-electron chi connectivity index (χ2n) is 10.3. The summed E-state index contributed by atoms with van der Waals surface area (Å²) < 4.78 is 6.40. The van der Waals surface area contributed by atoms with Gasteiger partial charge in [-0.25, -0.2) is 0 Å². The van der Waals surface area contributed by atoms with Gasteiger partial charge in [-0.15, -0.1) is 0 Å². The molecule has 1 aromatic heterocycles. The molecule has 0 aliphatic carbocycles. The van der Waals surface area contributed by atoms with Crippen LogP contribution in [0, 0.1) is 0 Å². The van der Waals surface area contributed by atoms with Crippen molar-refractivity contribution in [1.29, 1.82) is 0 Å². The van der Waals surface area contributed by atoms with E-state index in [-0.39, 0.29) is 5.41 Å². The van der Waals surface area contributed by atoms with Crippen LogP contribution in [0.2, 0.25) is 0 Å². The van der Waals surface area contributed by atoms with Gasteiger partial charge in [0.1, 0.15) is 16.9 Å². The van der Waals surface area contributed by atoms with Crippen molar-refractivity contribution >= 4 is 21.9 Å². The summed E-state index contributed by atoms with van der Waals surface area (Å²) in [4.78, 5) is 0. The van der Waals surface area contributed by atoms with Crippen LogP contribution in [0.15, 0.2) is 114 Å². The van der Waals surface area contributed by atoms with E-state index in [9.17, 15) is 5.11 Å². The summed E-state index contributed by atoms with van der Waals surface area (Å²) in [5.41, 5.74) is 8.65. The molecule has 0 aliphatic heterocycles. The Morgan fingerprint density at radius 3 is 1.83 bits per heavy atom. The van der Waals surface area contributed by atoms with E-state index in [0.29, 0.717) is 5.75 Å². The molecule has 6 rings (SSSR count). The summed E-state index contributed by atoms with van der Waals surface area (Å²) in [7, 11) is 0. The van der Waals surface area contributed by atoms with Gasteiger partial charge < -0.3 is 9.52 Å². The van der Waals surface area contributed by atoms with Crippen LogP contribution in [0.5, 0.6) is 5.75 Å². The van der Waals surface area contributed by atoms with Gasteiger partial charge in [-0.2, -0.15) is 0 Å².